The van der Waals surface area contributed by atoms with E-state index in [1.54, 1.807) is 11.3 Å². The van der Waals surface area contributed by atoms with E-state index in [1.807, 2.05) is 6.20 Å². The second-order valence-electron chi connectivity index (χ2n) is 4.90. The highest BCUT2D eigenvalue weighted by Gasteiger charge is 2.14. The molecular formula is C10H19N3S. The first-order valence-corrected chi connectivity index (χ1v) is 5.57. The first-order valence-electron chi connectivity index (χ1n) is 4.75. The molecule has 80 valence electrons. The highest BCUT2D eigenvalue weighted by atomic mass is 32.1. The van der Waals surface area contributed by atoms with Crippen LogP contribution >= 0.6 is 11.3 Å². The molecule has 0 fully saturated rings. The van der Waals surface area contributed by atoms with Crippen molar-refractivity contribution in [1.29, 1.82) is 0 Å². The second-order valence-corrected chi connectivity index (χ2v) is 6.04. The average molecular weight is 213 g/mol. The van der Waals surface area contributed by atoms with Crippen molar-refractivity contribution in [3.05, 3.63) is 11.1 Å². The van der Waals surface area contributed by atoms with E-state index in [-0.39, 0.29) is 0 Å². The number of rotatable bonds is 3. The number of nitrogens with two attached hydrogens (primary N) is 1. The quantitative estimate of drug-likeness (QED) is 0.837. The van der Waals surface area contributed by atoms with Gasteiger partial charge in [-0.1, -0.05) is 20.8 Å². The maximum Gasteiger partial charge on any atom is 0.180 e. The van der Waals surface area contributed by atoms with Gasteiger partial charge >= 0.3 is 0 Å². The fourth-order valence-electron chi connectivity index (χ4n) is 1.53. The summed E-state index contributed by atoms with van der Waals surface area (Å²) in [6.07, 6.45) is 1.86. The molecule has 1 heterocycles. The number of hydrogen-bond donors (Lipinski definition) is 1. The van der Waals surface area contributed by atoms with Crippen molar-refractivity contribution < 1.29 is 0 Å². The molecule has 0 atom stereocenters. The Balaban J connectivity index is 2.45. The van der Waals surface area contributed by atoms with Gasteiger partial charge in [0.2, 0.25) is 0 Å². The molecule has 0 aliphatic rings. The summed E-state index contributed by atoms with van der Waals surface area (Å²) < 4.78 is 0. The van der Waals surface area contributed by atoms with E-state index in [0.29, 0.717) is 10.5 Å². The summed E-state index contributed by atoms with van der Waals surface area (Å²) in [6, 6.07) is 0. The number of aromatic nitrogens is 1. The molecule has 1 aromatic rings. The lowest BCUT2D eigenvalue weighted by atomic mass is 9.96. The van der Waals surface area contributed by atoms with Gasteiger partial charge in [0.05, 0.1) is 0 Å². The Morgan fingerprint density at radius 3 is 2.57 bits per heavy atom. The van der Waals surface area contributed by atoms with Gasteiger partial charge in [-0.05, 0) is 12.5 Å². The van der Waals surface area contributed by atoms with Gasteiger partial charge in [0.15, 0.2) is 5.13 Å². The molecule has 0 unspecified atom stereocenters. The number of thiazole rings is 1. The molecule has 0 saturated heterocycles. The van der Waals surface area contributed by atoms with Gasteiger partial charge < -0.3 is 10.6 Å². The van der Waals surface area contributed by atoms with Gasteiger partial charge in [0, 0.05) is 24.2 Å². The molecule has 2 N–H and O–H groups in total. The van der Waals surface area contributed by atoms with Crippen molar-refractivity contribution in [3.8, 4) is 0 Å². The SMILES string of the molecule is CN(Cc1cnc(N)s1)CC(C)(C)C. The average Bonchev–Trinajstić information content (AvgIpc) is 2.30. The van der Waals surface area contributed by atoms with E-state index in [9.17, 15) is 0 Å². The normalized spacial score (nSPS) is 12.4. The van der Waals surface area contributed by atoms with Crippen molar-refractivity contribution in [2.24, 2.45) is 5.41 Å². The molecule has 0 saturated carbocycles. The van der Waals surface area contributed by atoms with Crippen LogP contribution < -0.4 is 5.73 Å². The van der Waals surface area contributed by atoms with E-state index in [1.165, 1.54) is 4.88 Å². The molecule has 0 aromatic carbocycles. The Hall–Kier alpha value is -0.610. The predicted octanol–water partition coefficient (Wildman–Crippen LogP) is 2.20. The van der Waals surface area contributed by atoms with E-state index in [0.717, 1.165) is 13.1 Å². The molecular weight excluding hydrogens is 194 g/mol. The Labute approximate surface area is 89.9 Å². The molecule has 0 aliphatic heterocycles. The third-order valence-corrected chi connectivity index (χ3v) is 2.55. The van der Waals surface area contributed by atoms with E-state index < -0.39 is 0 Å². The Morgan fingerprint density at radius 2 is 2.14 bits per heavy atom. The zero-order valence-corrected chi connectivity index (χ0v) is 10.2. The van der Waals surface area contributed by atoms with E-state index in [2.05, 4.69) is 37.7 Å². The third kappa shape index (κ3) is 4.07. The number of hydrogen-bond acceptors (Lipinski definition) is 4. The molecule has 0 amide bonds. The molecule has 1 rings (SSSR count). The summed E-state index contributed by atoms with van der Waals surface area (Å²) in [6.45, 7) is 8.73. The third-order valence-electron chi connectivity index (χ3n) is 1.74. The molecule has 1 aromatic heterocycles. The zero-order valence-electron chi connectivity index (χ0n) is 9.37. The standard InChI is InChI=1S/C10H19N3S/c1-10(2,3)7-13(4)6-8-5-12-9(11)14-8/h5H,6-7H2,1-4H3,(H2,11,12). The topological polar surface area (TPSA) is 42.2 Å². The van der Waals surface area contributed by atoms with Gasteiger partial charge in [-0.25, -0.2) is 4.98 Å². The van der Waals surface area contributed by atoms with Crippen molar-refractivity contribution in [3.63, 3.8) is 0 Å². The van der Waals surface area contributed by atoms with Crippen molar-refractivity contribution >= 4 is 16.5 Å². The van der Waals surface area contributed by atoms with Crippen molar-refractivity contribution in [1.82, 2.24) is 9.88 Å². The smallest absolute Gasteiger partial charge is 0.180 e. The highest BCUT2D eigenvalue weighted by Crippen LogP contribution is 2.19. The zero-order chi connectivity index (χ0) is 10.8. The summed E-state index contributed by atoms with van der Waals surface area (Å²) in [7, 11) is 2.13. The first kappa shape index (κ1) is 11.5. The van der Waals surface area contributed by atoms with E-state index >= 15 is 0 Å². The minimum absolute atomic E-state index is 0.338. The molecule has 0 aliphatic carbocycles. The summed E-state index contributed by atoms with van der Waals surface area (Å²) in [5.41, 5.74) is 5.91. The van der Waals surface area contributed by atoms with Crippen LogP contribution in [0, 0.1) is 5.41 Å². The largest absolute Gasteiger partial charge is 0.375 e. The predicted molar refractivity (Wildman–Crippen MR) is 62.3 cm³/mol. The van der Waals surface area contributed by atoms with Crippen LogP contribution in [0.2, 0.25) is 0 Å². The lowest BCUT2D eigenvalue weighted by Gasteiger charge is -2.25. The fraction of sp³-hybridized carbons (Fsp3) is 0.700. The van der Waals surface area contributed by atoms with Crippen LogP contribution in [0.15, 0.2) is 6.20 Å². The summed E-state index contributed by atoms with van der Waals surface area (Å²) in [4.78, 5) is 7.57. The lowest BCUT2D eigenvalue weighted by Crippen LogP contribution is -2.28. The summed E-state index contributed by atoms with van der Waals surface area (Å²) in [5, 5.41) is 0.657. The molecule has 0 spiro atoms. The molecule has 0 radical (unpaired) electrons. The Kier molecular flexibility index (Phi) is 3.50. The summed E-state index contributed by atoms with van der Waals surface area (Å²) >= 11 is 1.57. The van der Waals surface area contributed by atoms with E-state index in [4.69, 9.17) is 5.73 Å². The lowest BCUT2D eigenvalue weighted by molar-refractivity contribution is 0.222. The van der Waals surface area contributed by atoms with Crippen LogP contribution in [0.1, 0.15) is 25.6 Å². The van der Waals surface area contributed by atoms with Gasteiger partial charge in [-0.3, -0.25) is 0 Å². The first-order chi connectivity index (χ1) is 6.37. The minimum Gasteiger partial charge on any atom is -0.375 e. The fourth-order valence-corrected chi connectivity index (χ4v) is 2.29. The van der Waals surface area contributed by atoms with Crippen LogP contribution in [-0.4, -0.2) is 23.5 Å². The molecule has 3 nitrogen and oxygen atoms in total. The maximum absolute atomic E-state index is 5.57. The van der Waals surface area contributed by atoms with Crippen LogP contribution in [0.4, 0.5) is 5.13 Å². The number of anilines is 1. The van der Waals surface area contributed by atoms with Crippen LogP contribution in [0.5, 0.6) is 0 Å². The maximum atomic E-state index is 5.57. The minimum atomic E-state index is 0.338. The second kappa shape index (κ2) is 4.28. The van der Waals surface area contributed by atoms with Gasteiger partial charge in [-0.2, -0.15) is 0 Å². The molecule has 4 heteroatoms. The van der Waals surface area contributed by atoms with Crippen LogP contribution in [0.25, 0.3) is 0 Å². The molecule has 0 bridgehead atoms. The molecule has 14 heavy (non-hydrogen) atoms. The van der Waals surface area contributed by atoms with Crippen LogP contribution in [-0.2, 0) is 6.54 Å². The summed E-state index contributed by atoms with van der Waals surface area (Å²) in [5.74, 6) is 0. The monoisotopic (exact) mass is 213 g/mol. The van der Waals surface area contributed by atoms with Crippen molar-refractivity contribution in [2.45, 2.75) is 27.3 Å². The number of nitrogen functional groups attached to an aromatic ring is 1. The van der Waals surface area contributed by atoms with Gasteiger partial charge in [-0.15, -0.1) is 11.3 Å². The van der Waals surface area contributed by atoms with Crippen molar-refractivity contribution in [2.75, 3.05) is 19.3 Å². The highest BCUT2D eigenvalue weighted by molar-refractivity contribution is 7.15. The van der Waals surface area contributed by atoms with Crippen LogP contribution in [0.3, 0.4) is 0 Å². The Bertz CT molecular complexity index is 288. The number of nitrogens with zero attached hydrogens (tertiary/aromatic N) is 2. The Morgan fingerprint density at radius 1 is 1.50 bits per heavy atom. The van der Waals surface area contributed by atoms with Gasteiger partial charge in [0.1, 0.15) is 0 Å². The van der Waals surface area contributed by atoms with Gasteiger partial charge in [0.25, 0.3) is 0 Å².